The molecular weight excluding hydrogens is 268 g/mol. The van der Waals surface area contributed by atoms with Crippen LogP contribution < -0.4 is 4.90 Å². The van der Waals surface area contributed by atoms with Gasteiger partial charge in [-0.05, 0) is 56.9 Å². The standard InChI is InChI=1S/C20H26N2/c1-14-8-6-7-9-17(14)22-15(2)19(3)11-12-20(22,4)18-16(19)10-13-21(18)5/h6-10,13,15H,11-12H2,1-5H3. The summed E-state index contributed by atoms with van der Waals surface area (Å²) in [6.07, 6.45) is 4.76. The average Bonchev–Trinajstić information content (AvgIpc) is 2.89. The van der Waals surface area contributed by atoms with Crippen molar-refractivity contribution in [1.82, 2.24) is 4.57 Å². The Morgan fingerprint density at radius 3 is 2.55 bits per heavy atom. The number of nitrogens with zero attached hydrogens (tertiary/aromatic N) is 2. The highest BCUT2D eigenvalue weighted by Crippen LogP contribution is 2.58. The fourth-order valence-corrected chi connectivity index (χ4v) is 5.11. The zero-order valence-electron chi connectivity index (χ0n) is 14.4. The van der Waals surface area contributed by atoms with Gasteiger partial charge >= 0.3 is 0 Å². The van der Waals surface area contributed by atoms with Gasteiger partial charge in [0.25, 0.3) is 0 Å². The number of hydrogen-bond donors (Lipinski definition) is 0. The van der Waals surface area contributed by atoms with Gasteiger partial charge in [-0.3, -0.25) is 0 Å². The van der Waals surface area contributed by atoms with E-state index in [9.17, 15) is 0 Å². The maximum Gasteiger partial charge on any atom is 0.0782 e. The zero-order chi connectivity index (χ0) is 15.7. The molecule has 0 spiro atoms. The summed E-state index contributed by atoms with van der Waals surface area (Å²) < 4.78 is 2.35. The van der Waals surface area contributed by atoms with Crippen LogP contribution in [0, 0.1) is 6.92 Å². The predicted octanol–water partition coefficient (Wildman–Crippen LogP) is 4.51. The Labute approximate surface area is 133 Å². The van der Waals surface area contributed by atoms with Gasteiger partial charge in [0.1, 0.15) is 0 Å². The number of aryl methyl sites for hydroxylation is 2. The highest BCUT2D eigenvalue weighted by Gasteiger charge is 2.57. The summed E-state index contributed by atoms with van der Waals surface area (Å²) in [5.41, 5.74) is 6.20. The molecule has 3 atom stereocenters. The average molecular weight is 294 g/mol. The minimum atomic E-state index is 0.0941. The lowest BCUT2D eigenvalue weighted by molar-refractivity contribution is 0.159. The summed E-state index contributed by atoms with van der Waals surface area (Å²) in [4.78, 5) is 2.70. The van der Waals surface area contributed by atoms with Crippen LogP contribution in [0.25, 0.3) is 0 Å². The molecule has 3 aliphatic rings. The van der Waals surface area contributed by atoms with Crippen molar-refractivity contribution in [2.24, 2.45) is 7.05 Å². The Morgan fingerprint density at radius 2 is 1.82 bits per heavy atom. The van der Waals surface area contributed by atoms with Gasteiger partial charge in [0.05, 0.1) is 5.54 Å². The fraction of sp³-hybridized carbons (Fsp3) is 0.500. The van der Waals surface area contributed by atoms with Crippen molar-refractivity contribution in [2.75, 3.05) is 4.90 Å². The maximum atomic E-state index is 2.70. The minimum absolute atomic E-state index is 0.0941. The number of aromatic nitrogens is 1. The van der Waals surface area contributed by atoms with Gasteiger partial charge in [-0.25, -0.2) is 0 Å². The molecule has 2 aliphatic heterocycles. The van der Waals surface area contributed by atoms with Crippen LogP contribution in [0.4, 0.5) is 5.69 Å². The molecule has 1 aromatic carbocycles. The second-order valence-corrected chi connectivity index (χ2v) is 7.71. The first-order chi connectivity index (χ1) is 10.4. The summed E-state index contributed by atoms with van der Waals surface area (Å²) in [7, 11) is 2.20. The number of benzene rings is 1. The van der Waals surface area contributed by atoms with Crippen molar-refractivity contribution >= 4 is 5.69 Å². The van der Waals surface area contributed by atoms with Gasteiger partial charge in [0.15, 0.2) is 0 Å². The monoisotopic (exact) mass is 294 g/mol. The van der Waals surface area contributed by atoms with Gasteiger partial charge in [0.2, 0.25) is 0 Å². The number of hydrogen-bond acceptors (Lipinski definition) is 1. The smallest absolute Gasteiger partial charge is 0.0782 e. The molecule has 0 saturated carbocycles. The SMILES string of the molecule is Cc1ccccc1N1C(C)C2(C)CCC1(C)c1c2ccn1C. The highest BCUT2D eigenvalue weighted by molar-refractivity contribution is 5.62. The van der Waals surface area contributed by atoms with Gasteiger partial charge in [-0.15, -0.1) is 0 Å². The van der Waals surface area contributed by atoms with E-state index in [1.807, 2.05) is 0 Å². The van der Waals surface area contributed by atoms with Crippen LogP contribution in [-0.2, 0) is 18.0 Å². The molecule has 1 aromatic heterocycles. The Morgan fingerprint density at radius 1 is 1.09 bits per heavy atom. The Balaban J connectivity index is 2.00. The maximum absolute atomic E-state index is 2.70. The molecular formula is C20H26N2. The van der Waals surface area contributed by atoms with Crippen LogP contribution in [-0.4, -0.2) is 10.6 Å². The van der Waals surface area contributed by atoms with Gasteiger partial charge in [-0.1, -0.05) is 25.1 Å². The molecule has 3 unspecified atom stereocenters. The molecule has 1 fully saturated rings. The minimum Gasteiger partial charge on any atom is -0.357 e. The Bertz CT molecular complexity index is 744. The summed E-state index contributed by atoms with van der Waals surface area (Å²) in [6, 6.07) is 11.7. The van der Waals surface area contributed by atoms with E-state index >= 15 is 0 Å². The number of fused-ring (bicyclic) bond motifs is 2. The fourth-order valence-electron chi connectivity index (χ4n) is 5.11. The Kier molecular flexibility index (Phi) is 2.65. The molecule has 2 aromatic rings. The first-order valence-electron chi connectivity index (χ1n) is 8.41. The highest BCUT2D eigenvalue weighted by atomic mass is 15.3. The van der Waals surface area contributed by atoms with Gasteiger partial charge < -0.3 is 9.47 Å². The van der Waals surface area contributed by atoms with Crippen LogP contribution in [0.5, 0.6) is 0 Å². The van der Waals surface area contributed by atoms with E-state index in [-0.39, 0.29) is 11.0 Å². The van der Waals surface area contributed by atoms with E-state index in [2.05, 4.69) is 80.7 Å². The van der Waals surface area contributed by atoms with E-state index in [1.165, 1.54) is 29.8 Å². The molecule has 3 heterocycles. The molecule has 0 radical (unpaired) electrons. The number of piperidine rings is 1. The predicted molar refractivity (Wildman–Crippen MR) is 92.5 cm³/mol. The van der Waals surface area contributed by atoms with Crippen molar-refractivity contribution < 1.29 is 0 Å². The van der Waals surface area contributed by atoms with Crippen molar-refractivity contribution in [2.45, 2.75) is 57.5 Å². The van der Waals surface area contributed by atoms with Gasteiger partial charge in [0, 0.05) is 36.1 Å². The second-order valence-electron chi connectivity index (χ2n) is 7.71. The second kappa shape index (κ2) is 4.18. The summed E-state index contributed by atoms with van der Waals surface area (Å²) in [5, 5.41) is 0. The van der Waals surface area contributed by atoms with Crippen molar-refractivity contribution in [3.63, 3.8) is 0 Å². The first kappa shape index (κ1) is 13.9. The molecule has 2 nitrogen and oxygen atoms in total. The van der Waals surface area contributed by atoms with Crippen LogP contribution in [0.1, 0.15) is 50.4 Å². The summed E-state index contributed by atoms with van der Waals surface area (Å²) in [6.45, 7) is 9.55. The van der Waals surface area contributed by atoms with Crippen LogP contribution >= 0.6 is 0 Å². The number of rotatable bonds is 1. The molecule has 22 heavy (non-hydrogen) atoms. The third-order valence-electron chi connectivity index (χ3n) is 6.55. The number of anilines is 1. The van der Waals surface area contributed by atoms with E-state index in [4.69, 9.17) is 0 Å². The largest absolute Gasteiger partial charge is 0.357 e. The molecule has 1 saturated heterocycles. The van der Waals surface area contributed by atoms with E-state index in [1.54, 1.807) is 5.56 Å². The summed E-state index contributed by atoms with van der Waals surface area (Å²) in [5.74, 6) is 0. The molecule has 2 heteroatoms. The van der Waals surface area contributed by atoms with Crippen LogP contribution in [0.3, 0.4) is 0 Å². The van der Waals surface area contributed by atoms with Crippen LogP contribution in [0.15, 0.2) is 36.5 Å². The van der Waals surface area contributed by atoms with E-state index in [0.717, 1.165) is 0 Å². The third kappa shape index (κ3) is 1.46. The van der Waals surface area contributed by atoms with E-state index in [0.29, 0.717) is 6.04 Å². The Hall–Kier alpha value is -1.70. The van der Waals surface area contributed by atoms with Gasteiger partial charge in [-0.2, -0.15) is 0 Å². The summed E-state index contributed by atoms with van der Waals surface area (Å²) >= 11 is 0. The lowest BCUT2D eigenvalue weighted by atomic mass is 9.58. The first-order valence-corrected chi connectivity index (χ1v) is 8.41. The lowest BCUT2D eigenvalue weighted by Crippen LogP contribution is -2.66. The topological polar surface area (TPSA) is 8.17 Å². The normalized spacial score (nSPS) is 33.1. The molecule has 5 rings (SSSR count). The zero-order valence-corrected chi connectivity index (χ0v) is 14.4. The molecule has 2 bridgehead atoms. The number of para-hydroxylation sites is 1. The molecule has 0 N–H and O–H groups in total. The van der Waals surface area contributed by atoms with Crippen LogP contribution in [0.2, 0.25) is 0 Å². The quantitative estimate of drug-likeness (QED) is 0.751. The lowest BCUT2D eigenvalue weighted by Gasteiger charge is -2.62. The van der Waals surface area contributed by atoms with E-state index < -0.39 is 0 Å². The van der Waals surface area contributed by atoms with Crippen molar-refractivity contribution in [3.05, 3.63) is 53.3 Å². The molecule has 0 amide bonds. The third-order valence-corrected chi connectivity index (χ3v) is 6.55. The van der Waals surface area contributed by atoms with Crippen molar-refractivity contribution in [1.29, 1.82) is 0 Å². The van der Waals surface area contributed by atoms with Crippen molar-refractivity contribution in [3.8, 4) is 0 Å². The molecule has 116 valence electrons. The molecule has 1 aliphatic carbocycles.